The molecule has 150 valence electrons. The predicted molar refractivity (Wildman–Crippen MR) is 113 cm³/mol. The van der Waals surface area contributed by atoms with Gasteiger partial charge >= 0.3 is 0 Å². The highest BCUT2D eigenvalue weighted by molar-refractivity contribution is 5.93. The first-order valence-electron chi connectivity index (χ1n) is 10.2. The number of nitrogens with one attached hydrogen (secondary N) is 2. The van der Waals surface area contributed by atoms with Gasteiger partial charge in [0.2, 0.25) is 0 Å². The summed E-state index contributed by atoms with van der Waals surface area (Å²) in [5.41, 5.74) is 4.42. The Labute approximate surface area is 164 Å². The highest BCUT2D eigenvalue weighted by Gasteiger charge is 2.27. The summed E-state index contributed by atoms with van der Waals surface area (Å²) in [6, 6.07) is 1.93. The molecular formula is C23H36N2O2. The molecule has 2 unspecified atom stereocenters. The summed E-state index contributed by atoms with van der Waals surface area (Å²) in [5.74, 6) is 0.905. The topological polar surface area (TPSA) is 65.1 Å². The number of rotatable bonds is 7. The third kappa shape index (κ3) is 6.10. The van der Waals surface area contributed by atoms with E-state index in [2.05, 4.69) is 56.2 Å². The van der Waals surface area contributed by atoms with Crippen LogP contribution in [0, 0.1) is 24.2 Å². The first kappa shape index (κ1) is 21.5. The number of aliphatic hydroxyl groups excluding tert-OH is 1. The third-order valence-corrected chi connectivity index (χ3v) is 5.53. The van der Waals surface area contributed by atoms with Crippen LogP contribution in [0.25, 0.3) is 6.08 Å². The Balaban J connectivity index is 2.06. The zero-order valence-corrected chi connectivity index (χ0v) is 17.6. The lowest BCUT2D eigenvalue weighted by Crippen LogP contribution is -2.24. The largest absolute Gasteiger partial charge is 0.396 e. The molecule has 1 aliphatic carbocycles. The molecule has 0 aromatic carbocycles. The van der Waals surface area contributed by atoms with Crippen molar-refractivity contribution < 1.29 is 9.90 Å². The van der Waals surface area contributed by atoms with Crippen molar-refractivity contribution in [3.63, 3.8) is 0 Å². The average molecular weight is 373 g/mol. The van der Waals surface area contributed by atoms with Crippen LogP contribution >= 0.6 is 0 Å². The maximum Gasteiger partial charge on any atom is 0.267 e. The lowest BCUT2D eigenvalue weighted by molar-refractivity contribution is 0.0948. The van der Waals surface area contributed by atoms with Gasteiger partial charge in [-0.3, -0.25) is 4.79 Å². The molecule has 0 spiro atoms. The molecule has 1 amide bonds. The number of allylic oxidation sites excluding steroid dienone is 3. The van der Waals surface area contributed by atoms with E-state index in [1.165, 1.54) is 5.57 Å². The van der Waals surface area contributed by atoms with Crippen LogP contribution in [0.5, 0.6) is 0 Å². The third-order valence-electron chi connectivity index (χ3n) is 5.53. The normalized spacial score (nSPS) is 21.6. The lowest BCUT2D eigenvalue weighted by Gasteiger charge is -2.33. The second-order valence-electron chi connectivity index (χ2n) is 8.89. The van der Waals surface area contributed by atoms with E-state index >= 15 is 0 Å². The number of amides is 1. The van der Waals surface area contributed by atoms with Crippen molar-refractivity contribution in [1.82, 2.24) is 10.3 Å². The van der Waals surface area contributed by atoms with Gasteiger partial charge in [0.05, 0.1) is 0 Å². The molecule has 1 aromatic heterocycles. The number of carbonyl (C=O) groups is 1. The number of aromatic nitrogens is 1. The van der Waals surface area contributed by atoms with Crippen molar-refractivity contribution >= 4 is 12.0 Å². The standard InChI is InChI=1S/C23H36N2O2/c1-16-9-10-19(23(3,4)5)14-18(16)15-20-17(2)13-21(25-20)22(27)24-11-7-6-8-12-26/h9-10,13,15-16,19,25-26H,6-8,11-12,14H2,1-5H3,(H,24,27)/b18-15-. The molecule has 4 heteroatoms. The number of H-pyrrole nitrogens is 1. The monoisotopic (exact) mass is 372 g/mol. The number of hydrogen-bond donors (Lipinski definition) is 3. The minimum atomic E-state index is -0.0593. The van der Waals surface area contributed by atoms with Crippen molar-refractivity contribution in [2.24, 2.45) is 17.3 Å². The van der Waals surface area contributed by atoms with E-state index in [9.17, 15) is 4.79 Å². The van der Waals surface area contributed by atoms with Crippen LogP contribution in [0.1, 0.15) is 75.1 Å². The molecule has 1 aromatic rings. The maximum absolute atomic E-state index is 12.4. The number of carbonyl (C=O) groups excluding carboxylic acids is 1. The van der Waals surface area contributed by atoms with Gasteiger partial charge in [0.15, 0.2) is 0 Å². The Bertz CT molecular complexity index is 692. The number of hydrogen-bond acceptors (Lipinski definition) is 2. The number of aromatic amines is 1. The van der Waals surface area contributed by atoms with E-state index in [1.807, 2.05) is 13.0 Å². The van der Waals surface area contributed by atoms with Crippen molar-refractivity contribution in [1.29, 1.82) is 0 Å². The summed E-state index contributed by atoms with van der Waals surface area (Å²) < 4.78 is 0. The fourth-order valence-electron chi connectivity index (χ4n) is 3.46. The molecule has 2 atom stereocenters. The molecule has 1 aliphatic rings. The van der Waals surface area contributed by atoms with Gasteiger partial charge in [-0.05, 0) is 67.6 Å². The second-order valence-corrected chi connectivity index (χ2v) is 8.89. The van der Waals surface area contributed by atoms with Crippen molar-refractivity contribution in [3.8, 4) is 0 Å². The summed E-state index contributed by atoms with van der Waals surface area (Å²) in [7, 11) is 0. The van der Waals surface area contributed by atoms with E-state index in [-0.39, 0.29) is 17.9 Å². The van der Waals surface area contributed by atoms with Crippen LogP contribution in [0.4, 0.5) is 0 Å². The minimum absolute atomic E-state index is 0.0593. The van der Waals surface area contributed by atoms with Gasteiger partial charge in [0, 0.05) is 18.8 Å². The van der Waals surface area contributed by atoms with Gasteiger partial charge in [0.1, 0.15) is 5.69 Å². The summed E-state index contributed by atoms with van der Waals surface area (Å²) in [6.07, 6.45) is 10.6. The Hall–Kier alpha value is -1.81. The zero-order valence-electron chi connectivity index (χ0n) is 17.6. The summed E-state index contributed by atoms with van der Waals surface area (Å²) >= 11 is 0. The lowest BCUT2D eigenvalue weighted by atomic mass is 9.72. The van der Waals surface area contributed by atoms with E-state index < -0.39 is 0 Å². The van der Waals surface area contributed by atoms with Gasteiger partial charge in [-0.1, -0.05) is 45.4 Å². The highest BCUT2D eigenvalue weighted by Crippen LogP contribution is 2.39. The first-order chi connectivity index (χ1) is 12.7. The van der Waals surface area contributed by atoms with Gasteiger partial charge in [0.25, 0.3) is 5.91 Å². The molecule has 0 aliphatic heterocycles. The number of aryl methyl sites for hydroxylation is 1. The molecule has 0 saturated carbocycles. The quantitative estimate of drug-likeness (QED) is 0.473. The van der Waals surface area contributed by atoms with Gasteiger partial charge in [-0.15, -0.1) is 0 Å². The minimum Gasteiger partial charge on any atom is -0.396 e. The fraction of sp³-hybridized carbons (Fsp3) is 0.609. The first-order valence-corrected chi connectivity index (χ1v) is 10.2. The SMILES string of the molecule is Cc1cc(C(=O)NCCCCCO)[nH]c1/C=C1/CC(C(C)(C)C)C=CC1C. The van der Waals surface area contributed by atoms with Crippen LogP contribution in [0.15, 0.2) is 23.8 Å². The van der Waals surface area contributed by atoms with Crippen LogP contribution in [0.3, 0.4) is 0 Å². The van der Waals surface area contributed by atoms with E-state index in [0.29, 0.717) is 24.1 Å². The van der Waals surface area contributed by atoms with E-state index in [1.54, 1.807) is 0 Å². The number of unbranched alkanes of at least 4 members (excludes halogenated alkanes) is 2. The van der Waals surface area contributed by atoms with Crippen LogP contribution in [0.2, 0.25) is 0 Å². The molecule has 1 heterocycles. The molecule has 0 fully saturated rings. The number of aliphatic hydroxyl groups is 1. The molecule has 2 rings (SSSR count). The van der Waals surface area contributed by atoms with Crippen molar-refractivity contribution in [2.45, 2.75) is 60.3 Å². The molecule has 27 heavy (non-hydrogen) atoms. The highest BCUT2D eigenvalue weighted by atomic mass is 16.2. The van der Waals surface area contributed by atoms with E-state index in [4.69, 9.17) is 5.11 Å². The summed E-state index contributed by atoms with van der Waals surface area (Å²) in [5, 5.41) is 11.8. The van der Waals surface area contributed by atoms with Gasteiger partial charge in [-0.2, -0.15) is 0 Å². The zero-order chi connectivity index (χ0) is 20.0. The van der Waals surface area contributed by atoms with Crippen LogP contribution in [-0.4, -0.2) is 29.1 Å². The van der Waals surface area contributed by atoms with Crippen molar-refractivity contribution in [2.75, 3.05) is 13.2 Å². The Morgan fingerprint density at radius 3 is 2.70 bits per heavy atom. The van der Waals surface area contributed by atoms with E-state index in [0.717, 1.165) is 36.9 Å². The molecule has 0 saturated heterocycles. The van der Waals surface area contributed by atoms with Crippen LogP contribution < -0.4 is 5.32 Å². The van der Waals surface area contributed by atoms with Crippen molar-refractivity contribution in [3.05, 3.63) is 40.7 Å². The van der Waals surface area contributed by atoms with Gasteiger partial charge < -0.3 is 15.4 Å². The maximum atomic E-state index is 12.4. The Kier molecular flexibility index (Phi) is 7.49. The Morgan fingerprint density at radius 1 is 1.30 bits per heavy atom. The molecule has 0 bridgehead atoms. The summed E-state index contributed by atoms with van der Waals surface area (Å²) in [6.45, 7) is 12.0. The summed E-state index contributed by atoms with van der Waals surface area (Å²) in [4.78, 5) is 15.7. The fourth-order valence-corrected chi connectivity index (χ4v) is 3.46. The average Bonchev–Trinajstić information content (AvgIpc) is 2.96. The van der Waals surface area contributed by atoms with Gasteiger partial charge in [-0.25, -0.2) is 0 Å². The molecule has 0 radical (unpaired) electrons. The Morgan fingerprint density at radius 2 is 2.04 bits per heavy atom. The molecule has 3 N–H and O–H groups in total. The predicted octanol–water partition coefficient (Wildman–Crippen LogP) is 4.86. The van der Waals surface area contributed by atoms with Crippen LogP contribution in [-0.2, 0) is 0 Å². The molecule has 4 nitrogen and oxygen atoms in total. The smallest absolute Gasteiger partial charge is 0.267 e. The molecular weight excluding hydrogens is 336 g/mol. The second kappa shape index (κ2) is 9.41.